The van der Waals surface area contributed by atoms with Gasteiger partial charge in [-0.05, 0) is 68.3 Å². The molecule has 1 aromatic heterocycles. The first-order valence-electron chi connectivity index (χ1n) is 10.2. The van der Waals surface area contributed by atoms with Crippen molar-refractivity contribution in [1.29, 1.82) is 0 Å². The lowest BCUT2D eigenvalue weighted by molar-refractivity contribution is 0.391. The van der Waals surface area contributed by atoms with E-state index >= 15 is 0 Å². The van der Waals surface area contributed by atoms with E-state index in [0.717, 1.165) is 48.8 Å². The fourth-order valence-electron chi connectivity index (χ4n) is 4.01. The van der Waals surface area contributed by atoms with E-state index in [-0.39, 0.29) is 10.7 Å². The third-order valence-electron chi connectivity index (χ3n) is 5.68. The number of hydrogen-bond acceptors (Lipinski definition) is 4. The zero-order chi connectivity index (χ0) is 19.2. The van der Waals surface area contributed by atoms with Crippen molar-refractivity contribution in [1.82, 2.24) is 14.9 Å². The van der Waals surface area contributed by atoms with E-state index in [1.807, 2.05) is 12.1 Å². The molecule has 2 aromatic rings. The molecule has 2 heterocycles. The molecule has 0 spiro atoms. The van der Waals surface area contributed by atoms with Crippen molar-refractivity contribution < 1.29 is 8.42 Å². The molecule has 1 saturated heterocycles. The smallest absolute Gasteiger partial charge is 0.181 e. The Morgan fingerprint density at radius 3 is 2.48 bits per heavy atom. The molecule has 0 radical (unpaired) electrons. The molecule has 1 N–H and O–H groups in total. The van der Waals surface area contributed by atoms with Gasteiger partial charge in [-0.15, -0.1) is 0 Å². The van der Waals surface area contributed by atoms with Gasteiger partial charge in [0, 0.05) is 13.0 Å². The number of benzene rings is 1. The third-order valence-corrected chi connectivity index (χ3v) is 7.94. The minimum Gasteiger partial charge on any atom is -0.328 e. The highest BCUT2D eigenvalue weighted by atomic mass is 32.2. The second-order valence-electron chi connectivity index (χ2n) is 9.46. The lowest BCUT2D eigenvalue weighted by Gasteiger charge is -2.22. The molecule has 1 saturated carbocycles. The summed E-state index contributed by atoms with van der Waals surface area (Å²) in [4.78, 5) is 5.32. The summed E-state index contributed by atoms with van der Waals surface area (Å²) >= 11 is 0. The summed E-state index contributed by atoms with van der Waals surface area (Å²) in [6.07, 6.45) is 4.84. The van der Waals surface area contributed by atoms with Crippen molar-refractivity contribution in [3.05, 3.63) is 24.0 Å². The molecule has 0 amide bonds. The van der Waals surface area contributed by atoms with Crippen molar-refractivity contribution in [2.45, 2.75) is 69.6 Å². The number of nitrogens with one attached hydrogen (secondary N) is 1. The van der Waals surface area contributed by atoms with Crippen LogP contribution in [0.15, 0.2) is 23.1 Å². The Morgan fingerprint density at radius 2 is 1.85 bits per heavy atom. The predicted molar refractivity (Wildman–Crippen MR) is 109 cm³/mol. The molecule has 0 unspecified atom stereocenters. The standard InChI is InChI=1S/C21H31N3O2S/c1-21(2,3)13-20-23-18-12-17(27(25,26)16-8-10-22-11-9-16)6-7-19(18)24(20)14-15-4-5-15/h6-7,12,15-16,22H,4-5,8-11,13-14H2,1-3H3. The minimum absolute atomic E-state index is 0.146. The van der Waals surface area contributed by atoms with Crippen LogP contribution in [0, 0.1) is 11.3 Å². The van der Waals surface area contributed by atoms with Gasteiger partial charge in [-0.25, -0.2) is 13.4 Å². The number of aromatic nitrogens is 2. The topological polar surface area (TPSA) is 64.0 Å². The van der Waals surface area contributed by atoms with Gasteiger partial charge in [0.05, 0.1) is 21.2 Å². The average Bonchev–Trinajstić information content (AvgIpc) is 3.37. The highest BCUT2D eigenvalue weighted by molar-refractivity contribution is 7.92. The second kappa shape index (κ2) is 6.89. The van der Waals surface area contributed by atoms with E-state index in [2.05, 4.69) is 30.7 Å². The molecular weight excluding hydrogens is 358 g/mol. The molecule has 0 atom stereocenters. The summed E-state index contributed by atoms with van der Waals surface area (Å²) < 4.78 is 28.5. The van der Waals surface area contributed by atoms with Gasteiger partial charge in [-0.3, -0.25) is 0 Å². The molecule has 6 heteroatoms. The maximum absolute atomic E-state index is 13.1. The van der Waals surface area contributed by atoms with Gasteiger partial charge < -0.3 is 9.88 Å². The highest BCUT2D eigenvalue weighted by Crippen LogP contribution is 2.34. The molecule has 2 fully saturated rings. The summed E-state index contributed by atoms with van der Waals surface area (Å²) in [5.41, 5.74) is 2.04. The van der Waals surface area contributed by atoms with Crippen LogP contribution < -0.4 is 5.32 Å². The number of sulfone groups is 1. The summed E-state index contributed by atoms with van der Waals surface area (Å²) in [6.45, 7) is 9.22. The summed E-state index contributed by atoms with van der Waals surface area (Å²) in [5.74, 6) is 1.83. The molecular formula is C21H31N3O2S. The molecule has 148 valence electrons. The van der Waals surface area contributed by atoms with Gasteiger partial charge >= 0.3 is 0 Å². The zero-order valence-electron chi connectivity index (χ0n) is 16.7. The Morgan fingerprint density at radius 1 is 1.15 bits per heavy atom. The molecule has 0 bridgehead atoms. The first-order valence-corrected chi connectivity index (χ1v) is 11.7. The van der Waals surface area contributed by atoms with E-state index in [1.165, 1.54) is 12.8 Å². The lowest BCUT2D eigenvalue weighted by Crippen LogP contribution is -2.35. The Bertz CT molecular complexity index is 930. The fraction of sp³-hybridized carbons (Fsp3) is 0.667. The van der Waals surface area contributed by atoms with E-state index < -0.39 is 9.84 Å². The van der Waals surface area contributed by atoms with Crippen LogP contribution >= 0.6 is 0 Å². The molecule has 5 nitrogen and oxygen atoms in total. The van der Waals surface area contributed by atoms with Gasteiger partial charge in [0.2, 0.25) is 0 Å². The van der Waals surface area contributed by atoms with Crippen molar-refractivity contribution in [2.75, 3.05) is 13.1 Å². The van der Waals surface area contributed by atoms with Crippen molar-refractivity contribution in [2.24, 2.45) is 11.3 Å². The van der Waals surface area contributed by atoms with Crippen LogP contribution in [-0.4, -0.2) is 36.3 Å². The third kappa shape index (κ3) is 4.06. The van der Waals surface area contributed by atoms with Crippen LogP contribution in [0.1, 0.15) is 52.3 Å². The van der Waals surface area contributed by atoms with Gasteiger partial charge in [0.1, 0.15) is 5.82 Å². The van der Waals surface area contributed by atoms with E-state index in [1.54, 1.807) is 6.07 Å². The summed E-state index contributed by atoms with van der Waals surface area (Å²) in [7, 11) is -3.29. The molecule has 2 aliphatic rings. The number of piperidine rings is 1. The highest BCUT2D eigenvalue weighted by Gasteiger charge is 2.30. The average molecular weight is 390 g/mol. The number of hydrogen-bond donors (Lipinski definition) is 1. The summed E-state index contributed by atoms with van der Waals surface area (Å²) in [5, 5.41) is 2.97. The monoisotopic (exact) mass is 389 g/mol. The number of rotatable bonds is 5. The maximum Gasteiger partial charge on any atom is 0.181 e. The molecule has 1 aliphatic heterocycles. The zero-order valence-corrected chi connectivity index (χ0v) is 17.5. The Kier molecular flexibility index (Phi) is 4.83. The van der Waals surface area contributed by atoms with Crippen LogP contribution in [0.5, 0.6) is 0 Å². The Labute approximate surface area is 162 Å². The van der Waals surface area contributed by atoms with Crippen LogP contribution in [0.25, 0.3) is 11.0 Å². The largest absolute Gasteiger partial charge is 0.328 e. The van der Waals surface area contributed by atoms with Crippen molar-refractivity contribution >= 4 is 20.9 Å². The van der Waals surface area contributed by atoms with Crippen LogP contribution in [-0.2, 0) is 22.8 Å². The molecule has 4 rings (SSSR count). The predicted octanol–water partition coefficient (Wildman–Crippen LogP) is 3.56. The molecule has 27 heavy (non-hydrogen) atoms. The van der Waals surface area contributed by atoms with E-state index in [9.17, 15) is 8.42 Å². The molecule has 1 aliphatic carbocycles. The normalized spacial score (nSPS) is 19.7. The van der Waals surface area contributed by atoms with Crippen LogP contribution in [0.4, 0.5) is 0 Å². The lowest BCUT2D eigenvalue weighted by atomic mass is 9.92. The first kappa shape index (κ1) is 18.9. The van der Waals surface area contributed by atoms with Gasteiger partial charge in [-0.1, -0.05) is 20.8 Å². The van der Waals surface area contributed by atoms with Crippen molar-refractivity contribution in [3.8, 4) is 0 Å². The number of nitrogens with zero attached hydrogens (tertiary/aromatic N) is 2. The second-order valence-corrected chi connectivity index (χ2v) is 11.7. The summed E-state index contributed by atoms with van der Waals surface area (Å²) in [6, 6.07) is 5.58. The maximum atomic E-state index is 13.1. The molecule has 1 aromatic carbocycles. The van der Waals surface area contributed by atoms with E-state index in [4.69, 9.17) is 4.98 Å². The van der Waals surface area contributed by atoms with Crippen molar-refractivity contribution in [3.63, 3.8) is 0 Å². The SMILES string of the molecule is CC(C)(C)Cc1nc2cc(S(=O)(=O)C3CCNCC3)ccc2n1CC1CC1. The van der Waals surface area contributed by atoms with E-state index in [0.29, 0.717) is 17.7 Å². The van der Waals surface area contributed by atoms with Crippen LogP contribution in [0.3, 0.4) is 0 Å². The quantitative estimate of drug-likeness (QED) is 0.849. The fourth-order valence-corrected chi connectivity index (χ4v) is 5.78. The first-order chi connectivity index (χ1) is 12.7. The Balaban J connectivity index is 1.73. The van der Waals surface area contributed by atoms with Gasteiger partial charge in [-0.2, -0.15) is 0 Å². The van der Waals surface area contributed by atoms with Gasteiger partial charge in [0.15, 0.2) is 9.84 Å². The van der Waals surface area contributed by atoms with Gasteiger partial charge in [0.25, 0.3) is 0 Å². The number of fused-ring (bicyclic) bond motifs is 1. The Hall–Kier alpha value is -1.40. The minimum atomic E-state index is -3.29. The number of imidazole rings is 1. The van der Waals surface area contributed by atoms with Crippen LogP contribution in [0.2, 0.25) is 0 Å².